The minimum Gasteiger partial charge on any atom is -0.467 e. The zero-order valence-electron chi connectivity index (χ0n) is 19.8. The van der Waals surface area contributed by atoms with Crippen LogP contribution in [-0.2, 0) is 13.0 Å². The van der Waals surface area contributed by atoms with Gasteiger partial charge in [-0.05, 0) is 50.3 Å². The van der Waals surface area contributed by atoms with Crippen LogP contribution in [0.15, 0.2) is 28.9 Å². The molecule has 3 aromatic heterocycles. The minimum absolute atomic E-state index is 0.685. The number of hydrogen-bond acceptors (Lipinski definition) is 3. The number of nitrogens with one attached hydrogen (secondary N) is 2. The van der Waals surface area contributed by atoms with Crippen molar-refractivity contribution >= 4 is 16.7 Å². The van der Waals surface area contributed by atoms with Crippen molar-refractivity contribution in [3.05, 3.63) is 47.2 Å². The molecule has 4 nitrogen and oxygen atoms in total. The Labute approximate surface area is 177 Å². The van der Waals surface area contributed by atoms with E-state index in [1.807, 2.05) is 39.8 Å². The van der Waals surface area contributed by atoms with Crippen LogP contribution in [0.5, 0.6) is 0 Å². The van der Waals surface area contributed by atoms with Gasteiger partial charge in [0.15, 0.2) is 0 Å². The number of aromatic amines is 1. The first kappa shape index (κ1) is 24.8. The van der Waals surface area contributed by atoms with Gasteiger partial charge in [0.25, 0.3) is 0 Å². The van der Waals surface area contributed by atoms with Crippen LogP contribution >= 0.6 is 0 Å². The Morgan fingerprint density at radius 1 is 1.14 bits per heavy atom. The van der Waals surface area contributed by atoms with E-state index >= 15 is 0 Å². The molecule has 0 unspecified atom stereocenters. The molecule has 162 valence electrons. The molecular weight excluding hydrogens is 358 g/mol. The third kappa shape index (κ3) is 6.66. The molecule has 3 aromatic rings. The fourth-order valence-corrected chi connectivity index (χ4v) is 3.18. The van der Waals surface area contributed by atoms with Crippen molar-refractivity contribution in [2.24, 2.45) is 0 Å². The lowest BCUT2D eigenvalue weighted by Gasteiger charge is -2.07. The van der Waals surface area contributed by atoms with Gasteiger partial charge in [0.2, 0.25) is 0 Å². The summed E-state index contributed by atoms with van der Waals surface area (Å²) in [5.41, 5.74) is 7.24. The molecule has 1 aliphatic rings. The second kappa shape index (κ2) is 13.1. The maximum Gasteiger partial charge on any atom is 0.122 e. The van der Waals surface area contributed by atoms with E-state index in [0.717, 1.165) is 34.6 Å². The molecule has 4 heteroatoms. The Morgan fingerprint density at radius 2 is 1.79 bits per heavy atom. The van der Waals surface area contributed by atoms with Gasteiger partial charge >= 0.3 is 0 Å². The maximum absolute atomic E-state index is 5.41. The molecule has 2 N–H and O–H groups in total. The zero-order chi connectivity index (χ0) is 21.8. The molecule has 3 heterocycles. The van der Waals surface area contributed by atoms with Crippen molar-refractivity contribution in [3.63, 3.8) is 0 Å². The van der Waals surface area contributed by atoms with Crippen LogP contribution in [-0.4, -0.2) is 9.97 Å². The molecule has 0 spiro atoms. The third-order valence-electron chi connectivity index (χ3n) is 4.38. The van der Waals surface area contributed by atoms with E-state index in [1.165, 1.54) is 30.5 Å². The largest absolute Gasteiger partial charge is 0.467 e. The van der Waals surface area contributed by atoms with Crippen molar-refractivity contribution in [1.82, 2.24) is 9.97 Å². The Bertz CT molecular complexity index is 814. The predicted octanol–water partition coefficient (Wildman–Crippen LogP) is 7.98. The van der Waals surface area contributed by atoms with Gasteiger partial charge in [-0.15, -0.1) is 0 Å². The van der Waals surface area contributed by atoms with Crippen LogP contribution in [0.25, 0.3) is 11.0 Å². The number of fused-ring (bicyclic) bond motifs is 1. The third-order valence-corrected chi connectivity index (χ3v) is 4.38. The summed E-state index contributed by atoms with van der Waals surface area (Å²) in [5, 5.41) is 3.49. The van der Waals surface area contributed by atoms with Crippen LogP contribution in [0.1, 0.15) is 96.4 Å². The zero-order valence-corrected chi connectivity index (χ0v) is 19.8. The Kier molecular flexibility index (Phi) is 11.2. The highest BCUT2D eigenvalue weighted by Gasteiger charge is 2.30. The summed E-state index contributed by atoms with van der Waals surface area (Å²) in [5.74, 6) is 1.64. The quantitative estimate of drug-likeness (QED) is 0.457. The van der Waals surface area contributed by atoms with Crippen LogP contribution < -0.4 is 5.32 Å². The molecule has 0 aliphatic heterocycles. The van der Waals surface area contributed by atoms with E-state index in [0.29, 0.717) is 12.5 Å². The summed E-state index contributed by atoms with van der Waals surface area (Å²) in [6.07, 6.45) is 6.58. The number of furan rings is 1. The van der Waals surface area contributed by atoms with Crippen LogP contribution in [0.2, 0.25) is 0 Å². The standard InChI is InChI=1S/C18H21N3O.C3H8.2C2H6/c1-3-14-16(12-6-7-12)18-17(21-14)15(9-11(2)20-18)19-10-13-5-4-8-22-13;1-3-2;2*1-2/h4-5,8-9,12,21H,3,6-7,10H2,1-2H3,(H,19,20);3H2,1-2H3;2*1-2H3. The van der Waals surface area contributed by atoms with Gasteiger partial charge in [-0.25, -0.2) is 0 Å². The Balaban J connectivity index is 0.000000540. The molecule has 0 atom stereocenters. The van der Waals surface area contributed by atoms with Crippen molar-refractivity contribution in [2.75, 3.05) is 5.32 Å². The lowest BCUT2D eigenvalue weighted by molar-refractivity contribution is 0.518. The molecule has 1 saturated carbocycles. The second-order valence-electron chi connectivity index (χ2n) is 6.82. The number of hydrogen-bond donors (Lipinski definition) is 2. The van der Waals surface area contributed by atoms with E-state index < -0.39 is 0 Å². The maximum atomic E-state index is 5.41. The highest BCUT2D eigenvalue weighted by molar-refractivity contribution is 5.92. The van der Waals surface area contributed by atoms with E-state index in [2.05, 4.69) is 44.1 Å². The van der Waals surface area contributed by atoms with Crippen LogP contribution in [0, 0.1) is 6.92 Å². The normalized spacial score (nSPS) is 12.1. The molecule has 0 bridgehead atoms. The number of H-pyrrole nitrogens is 1. The number of aryl methyl sites for hydroxylation is 2. The monoisotopic (exact) mass is 399 g/mol. The van der Waals surface area contributed by atoms with Crippen molar-refractivity contribution in [1.29, 1.82) is 0 Å². The van der Waals surface area contributed by atoms with Gasteiger partial charge in [0.05, 0.1) is 29.5 Å². The van der Waals surface area contributed by atoms with Gasteiger partial charge in [0.1, 0.15) is 5.76 Å². The molecule has 0 aromatic carbocycles. The summed E-state index contributed by atoms with van der Waals surface area (Å²) in [4.78, 5) is 8.42. The molecular formula is C25H41N3O. The van der Waals surface area contributed by atoms with E-state index in [-0.39, 0.29) is 0 Å². The number of pyridine rings is 1. The highest BCUT2D eigenvalue weighted by Crippen LogP contribution is 2.45. The number of anilines is 1. The molecule has 1 fully saturated rings. The van der Waals surface area contributed by atoms with Gasteiger partial charge in [-0.3, -0.25) is 4.98 Å². The first-order valence-corrected chi connectivity index (χ1v) is 11.5. The summed E-state index contributed by atoms with van der Waals surface area (Å²) in [7, 11) is 0. The lowest BCUT2D eigenvalue weighted by atomic mass is 10.1. The average molecular weight is 400 g/mol. The number of aromatic nitrogens is 2. The Hall–Kier alpha value is -2.23. The molecule has 1 aliphatic carbocycles. The van der Waals surface area contributed by atoms with Gasteiger partial charge < -0.3 is 14.7 Å². The number of nitrogens with zero attached hydrogens (tertiary/aromatic N) is 1. The Morgan fingerprint density at radius 3 is 2.31 bits per heavy atom. The average Bonchev–Trinajstić information content (AvgIpc) is 3.30. The molecule has 0 radical (unpaired) electrons. The molecule has 0 amide bonds. The molecule has 4 rings (SSSR count). The molecule has 29 heavy (non-hydrogen) atoms. The van der Waals surface area contributed by atoms with Gasteiger partial charge in [-0.1, -0.05) is 54.9 Å². The fraction of sp³-hybridized carbons (Fsp3) is 0.560. The summed E-state index contributed by atoms with van der Waals surface area (Å²) >= 11 is 0. The first-order chi connectivity index (χ1) is 14.2. The highest BCUT2D eigenvalue weighted by atomic mass is 16.3. The first-order valence-electron chi connectivity index (χ1n) is 11.5. The van der Waals surface area contributed by atoms with Crippen molar-refractivity contribution in [2.45, 2.75) is 93.5 Å². The lowest BCUT2D eigenvalue weighted by Crippen LogP contribution is -2.00. The fourth-order valence-electron chi connectivity index (χ4n) is 3.18. The predicted molar refractivity (Wildman–Crippen MR) is 127 cm³/mol. The van der Waals surface area contributed by atoms with E-state index in [4.69, 9.17) is 9.40 Å². The summed E-state index contributed by atoms with van der Waals surface area (Å²) < 4.78 is 5.41. The van der Waals surface area contributed by atoms with Crippen molar-refractivity contribution < 1.29 is 4.42 Å². The topological polar surface area (TPSA) is 53.9 Å². The van der Waals surface area contributed by atoms with E-state index in [1.54, 1.807) is 6.26 Å². The molecule has 0 saturated heterocycles. The second-order valence-corrected chi connectivity index (χ2v) is 6.82. The van der Waals surface area contributed by atoms with Gasteiger partial charge in [0, 0.05) is 17.0 Å². The van der Waals surface area contributed by atoms with Gasteiger partial charge in [-0.2, -0.15) is 0 Å². The SMILES string of the molecule is CC.CC.CCC.CCc1[nH]c2c(NCc3ccco3)cc(C)nc2c1C1CC1. The van der Waals surface area contributed by atoms with Crippen molar-refractivity contribution in [3.8, 4) is 0 Å². The van der Waals surface area contributed by atoms with Crippen LogP contribution in [0.4, 0.5) is 5.69 Å². The van der Waals surface area contributed by atoms with E-state index in [9.17, 15) is 0 Å². The van der Waals surface area contributed by atoms with Crippen LogP contribution in [0.3, 0.4) is 0 Å². The smallest absolute Gasteiger partial charge is 0.122 e. The minimum atomic E-state index is 0.685. The summed E-state index contributed by atoms with van der Waals surface area (Å²) in [6.45, 7) is 17.2. The summed E-state index contributed by atoms with van der Waals surface area (Å²) in [6, 6.07) is 6.01. The number of rotatable bonds is 5.